The molecule has 0 unspecified atom stereocenters. The van der Waals surface area contributed by atoms with Gasteiger partial charge in [-0.05, 0) is 18.2 Å². The third-order valence-corrected chi connectivity index (χ3v) is 2.41. The maximum Gasteiger partial charge on any atom is 0.262 e. The van der Waals surface area contributed by atoms with Crippen molar-refractivity contribution in [1.29, 1.82) is 0 Å². The van der Waals surface area contributed by atoms with Crippen molar-refractivity contribution in [3.05, 3.63) is 36.0 Å². The van der Waals surface area contributed by atoms with Gasteiger partial charge in [0.25, 0.3) is 5.88 Å². The highest BCUT2D eigenvalue weighted by Crippen LogP contribution is 2.32. The van der Waals surface area contributed by atoms with Crippen LogP contribution >= 0.6 is 0 Å². The maximum absolute atomic E-state index is 13.1. The molecular formula is C12H8FN3O3. The van der Waals surface area contributed by atoms with Crippen LogP contribution in [0.2, 0.25) is 0 Å². The first-order valence-corrected chi connectivity index (χ1v) is 5.40. The zero-order chi connectivity index (χ0) is 13.4. The van der Waals surface area contributed by atoms with E-state index in [2.05, 4.69) is 15.1 Å². The fraction of sp³-hybridized carbons (Fsp3) is 0.0833. The van der Waals surface area contributed by atoms with E-state index in [-0.39, 0.29) is 23.4 Å². The first kappa shape index (κ1) is 11.4. The van der Waals surface area contributed by atoms with Gasteiger partial charge >= 0.3 is 0 Å². The molecule has 0 atom stereocenters. The molecule has 1 aromatic carbocycles. The largest absolute Gasteiger partial charge is 0.490 e. The quantitative estimate of drug-likeness (QED) is 0.763. The standard InChI is InChI=1S/C12H8FN3O3/c1-6-14-10(16-19-6)9-11(17)15-12(18-9)7-3-2-4-8(13)5-7/h2-5,17H,1H3. The zero-order valence-electron chi connectivity index (χ0n) is 9.79. The number of aromatic nitrogens is 3. The lowest BCUT2D eigenvalue weighted by Crippen LogP contribution is -1.79. The molecule has 3 aromatic rings. The Hall–Kier alpha value is -2.70. The van der Waals surface area contributed by atoms with Gasteiger partial charge in [-0.2, -0.15) is 9.97 Å². The van der Waals surface area contributed by atoms with Gasteiger partial charge in [0, 0.05) is 12.5 Å². The van der Waals surface area contributed by atoms with Crippen LogP contribution in [-0.2, 0) is 0 Å². The number of aromatic hydroxyl groups is 1. The molecule has 0 saturated carbocycles. The molecule has 96 valence electrons. The number of hydrogen-bond acceptors (Lipinski definition) is 6. The predicted molar refractivity (Wildman–Crippen MR) is 61.6 cm³/mol. The number of oxazole rings is 1. The molecule has 0 aliphatic carbocycles. The van der Waals surface area contributed by atoms with Gasteiger partial charge in [-0.25, -0.2) is 4.39 Å². The summed E-state index contributed by atoms with van der Waals surface area (Å²) in [6, 6.07) is 5.68. The van der Waals surface area contributed by atoms with Gasteiger partial charge in [-0.3, -0.25) is 0 Å². The zero-order valence-corrected chi connectivity index (χ0v) is 9.79. The Balaban J connectivity index is 2.06. The Bertz CT molecular complexity index is 735. The SMILES string of the molecule is Cc1nc(-c2oc(-c3cccc(F)c3)nc2O)no1. The van der Waals surface area contributed by atoms with Gasteiger partial charge in [0.05, 0.1) is 0 Å². The summed E-state index contributed by atoms with van der Waals surface area (Å²) >= 11 is 0. The highest BCUT2D eigenvalue weighted by atomic mass is 19.1. The lowest BCUT2D eigenvalue weighted by atomic mass is 10.2. The molecule has 2 aromatic heterocycles. The van der Waals surface area contributed by atoms with Gasteiger partial charge in [-0.1, -0.05) is 11.2 Å². The number of hydrogen-bond donors (Lipinski definition) is 1. The van der Waals surface area contributed by atoms with Crippen LogP contribution in [0.1, 0.15) is 5.89 Å². The average Bonchev–Trinajstić information content (AvgIpc) is 2.95. The first-order chi connectivity index (χ1) is 9.13. The van der Waals surface area contributed by atoms with E-state index < -0.39 is 5.82 Å². The molecule has 7 heteroatoms. The molecule has 0 aliphatic rings. The summed E-state index contributed by atoms with van der Waals surface area (Å²) in [6.45, 7) is 1.61. The minimum Gasteiger partial charge on any atom is -0.490 e. The molecule has 0 amide bonds. The Morgan fingerprint density at radius 3 is 2.79 bits per heavy atom. The van der Waals surface area contributed by atoms with Gasteiger partial charge in [0.2, 0.25) is 23.4 Å². The van der Waals surface area contributed by atoms with Crippen LogP contribution in [0.3, 0.4) is 0 Å². The van der Waals surface area contributed by atoms with E-state index in [0.29, 0.717) is 11.5 Å². The monoisotopic (exact) mass is 261 g/mol. The van der Waals surface area contributed by atoms with Crippen LogP contribution in [-0.4, -0.2) is 20.2 Å². The van der Waals surface area contributed by atoms with Crippen molar-refractivity contribution in [3.8, 4) is 28.9 Å². The summed E-state index contributed by atoms with van der Waals surface area (Å²) in [5.41, 5.74) is 0.404. The van der Waals surface area contributed by atoms with Crippen molar-refractivity contribution in [3.63, 3.8) is 0 Å². The van der Waals surface area contributed by atoms with Gasteiger partial charge in [0.1, 0.15) is 5.82 Å². The van der Waals surface area contributed by atoms with E-state index in [1.807, 2.05) is 0 Å². The van der Waals surface area contributed by atoms with E-state index >= 15 is 0 Å². The summed E-state index contributed by atoms with van der Waals surface area (Å²) in [4.78, 5) is 7.73. The molecule has 0 radical (unpaired) electrons. The number of nitrogens with zero attached hydrogens (tertiary/aromatic N) is 3. The van der Waals surface area contributed by atoms with Crippen LogP contribution < -0.4 is 0 Å². The van der Waals surface area contributed by atoms with E-state index in [1.165, 1.54) is 18.2 Å². The van der Waals surface area contributed by atoms with Gasteiger partial charge in [0.15, 0.2) is 0 Å². The molecule has 0 fully saturated rings. The highest BCUT2D eigenvalue weighted by Gasteiger charge is 2.20. The van der Waals surface area contributed by atoms with Crippen molar-refractivity contribution in [2.45, 2.75) is 6.92 Å². The van der Waals surface area contributed by atoms with Crippen molar-refractivity contribution >= 4 is 0 Å². The molecule has 3 rings (SSSR count). The van der Waals surface area contributed by atoms with E-state index in [9.17, 15) is 9.50 Å². The normalized spacial score (nSPS) is 10.8. The van der Waals surface area contributed by atoms with Gasteiger partial charge in [-0.15, -0.1) is 0 Å². The molecule has 0 spiro atoms. The van der Waals surface area contributed by atoms with Crippen LogP contribution in [0.25, 0.3) is 23.0 Å². The number of aryl methyl sites for hydroxylation is 1. The second-order valence-corrected chi connectivity index (χ2v) is 3.82. The van der Waals surface area contributed by atoms with Crippen molar-refractivity contribution < 1.29 is 18.4 Å². The highest BCUT2D eigenvalue weighted by molar-refractivity contribution is 5.61. The molecular weight excluding hydrogens is 253 g/mol. The minimum atomic E-state index is -0.424. The fourth-order valence-corrected chi connectivity index (χ4v) is 1.59. The molecule has 0 bridgehead atoms. The summed E-state index contributed by atoms with van der Waals surface area (Å²) in [6.07, 6.45) is 0. The lowest BCUT2D eigenvalue weighted by molar-refractivity contribution is 0.391. The minimum absolute atomic E-state index is 0.0175. The summed E-state index contributed by atoms with van der Waals surface area (Å²) < 4.78 is 23.2. The third-order valence-electron chi connectivity index (χ3n) is 2.41. The number of halogens is 1. The summed E-state index contributed by atoms with van der Waals surface area (Å²) in [7, 11) is 0. The smallest absolute Gasteiger partial charge is 0.262 e. The molecule has 19 heavy (non-hydrogen) atoms. The van der Waals surface area contributed by atoms with Crippen LogP contribution in [0.5, 0.6) is 5.88 Å². The molecule has 2 heterocycles. The van der Waals surface area contributed by atoms with Crippen molar-refractivity contribution in [2.75, 3.05) is 0 Å². The Labute approximate surface area is 106 Å². The Morgan fingerprint density at radius 2 is 2.11 bits per heavy atom. The second kappa shape index (κ2) is 4.20. The summed E-state index contributed by atoms with van der Waals surface area (Å²) in [5, 5.41) is 13.3. The molecule has 6 nitrogen and oxygen atoms in total. The van der Waals surface area contributed by atoms with Crippen LogP contribution in [0.15, 0.2) is 33.2 Å². The number of rotatable bonds is 2. The van der Waals surface area contributed by atoms with E-state index in [0.717, 1.165) is 0 Å². The topological polar surface area (TPSA) is 85.2 Å². The average molecular weight is 261 g/mol. The van der Waals surface area contributed by atoms with Crippen LogP contribution in [0, 0.1) is 12.7 Å². The number of benzene rings is 1. The van der Waals surface area contributed by atoms with Crippen molar-refractivity contribution in [1.82, 2.24) is 15.1 Å². The summed E-state index contributed by atoms with van der Waals surface area (Å²) in [5.74, 6) is -0.318. The van der Waals surface area contributed by atoms with E-state index in [1.54, 1.807) is 13.0 Å². The fourth-order valence-electron chi connectivity index (χ4n) is 1.59. The van der Waals surface area contributed by atoms with Gasteiger partial charge < -0.3 is 14.0 Å². The lowest BCUT2D eigenvalue weighted by Gasteiger charge is -1.94. The third kappa shape index (κ3) is 2.05. The van der Waals surface area contributed by atoms with Crippen LogP contribution in [0.4, 0.5) is 4.39 Å². The maximum atomic E-state index is 13.1. The molecule has 0 aliphatic heterocycles. The Morgan fingerprint density at radius 1 is 1.26 bits per heavy atom. The predicted octanol–water partition coefficient (Wildman–Crippen LogP) is 2.54. The molecule has 0 saturated heterocycles. The van der Waals surface area contributed by atoms with Crippen molar-refractivity contribution in [2.24, 2.45) is 0 Å². The Kier molecular flexibility index (Phi) is 2.52. The molecule has 1 N–H and O–H groups in total. The van der Waals surface area contributed by atoms with E-state index in [4.69, 9.17) is 8.94 Å². The second-order valence-electron chi connectivity index (χ2n) is 3.82. The first-order valence-electron chi connectivity index (χ1n) is 5.40.